The molecule has 136 valence electrons. The molecule has 0 saturated carbocycles. The number of amides is 1. The summed E-state index contributed by atoms with van der Waals surface area (Å²) >= 11 is 0. The summed E-state index contributed by atoms with van der Waals surface area (Å²) in [6.07, 6.45) is 2.04. The summed E-state index contributed by atoms with van der Waals surface area (Å²) in [5.41, 5.74) is 2.03. The summed E-state index contributed by atoms with van der Waals surface area (Å²) in [5, 5.41) is 13.4. The predicted molar refractivity (Wildman–Crippen MR) is 96.0 cm³/mol. The number of nitrogens with one attached hydrogen (secondary N) is 3. The maximum Gasteiger partial charge on any atom is 0.221 e. The van der Waals surface area contributed by atoms with Crippen molar-refractivity contribution in [2.24, 2.45) is 4.99 Å². The average molecular weight is 337 g/mol. The molecule has 0 aliphatic carbocycles. The topological polar surface area (TPSA) is 91.6 Å². The lowest BCUT2D eigenvalue weighted by atomic mass is 10.1. The molecule has 7 heteroatoms. The highest BCUT2D eigenvalue weighted by Crippen LogP contribution is 2.16. The van der Waals surface area contributed by atoms with Gasteiger partial charge in [0, 0.05) is 37.5 Å². The van der Waals surface area contributed by atoms with Crippen LogP contribution in [0, 0.1) is 0 Å². The minimum absolute atomic E-state index is 0.0360. The first-order valence-corrected chi connectivity index (χ1v) is 8.79. The van der Waals surface area contributed by atoms with Gasteiger partial charge in [-0.15, -0.1) is 0 Å². The van der Waals surface area contributed by atoms with E-state index < -0.39 is 0 Å². The molecule has 0 aliphatic rings. The van der Waals surface area contributed by atoms with E-state index in [4.69, 9.17) is 4.52 Å². The Bertz CT molecular complexity index is 516. The van der Waals surface area contributed by atoms with E-state index in [2.05, 4.69) is 33.0 Å². The molecule has 0 spiro atoms. The van der Waals surface area contributed by atoms with Gasteiger partial charge in [-0.2, -0.15) is 0 Å². The van der Waals surface area contributed by atoms with Crippen LogP contribution in [0.4, 0.5) is 0 Å². The van der Waals surface area contributed by atoms with Crippen molar-refractivity contribution in [2.45, 2.75) is 66.5 Å². The second kappa shape index (κ2) is 10.7. The van der Waals surface area contributed by atoms with E-state index in [1.165, 1.54) is 0 Å². The van der Waals surface area contributed by atoms with E-state index in [9.17, 15) is 4.79 Å². The second-order valence-electron chi connectivity index (χ2n) is 5.83. The summed E-state index contributed by atoms with van der Waals surface area (Å²) in [7, 11) is 0. The molecule has 0 saturated heterocycles. The van der Waals surface area contributed by atoms with Gasteiger partial charge in [0.1, 0.15) is 5.76 Å². The fourth-order valence-corrected chi connectivity index (χ4v) is 2.31. The van der Waals surface area contributed by atoms with Crippen molar-refractivity contribution < 1.29 is 9.32 Å². The van der Waals surface area contributed by atoms with Crippen molar-refractivity contribution in [2.75, 3.05) is 13.1 Å². The van der Waals surface area contributed by atoms with Crippen molar-refractivity contribution in [3.05, 3.63) is 17.0 Å². The van der Waals surface area contributed by atoms with Crippen LogP contribution < -0.4 is 16.0 Å². The lowest BCUT2D eigenvalue weighted by molar-refractivity contribution is -0.121. The Morgan fingerprint density at radius 3 is 2.54 bits per heavy atom. The van der Waals surface area contributed by atoms with E-state index >= 15 is 0 Å². The molecular formula is C17H31N5O2. The molecule has 1 amide bonds. The van der Waals surface area contributed by atoms with Crippen molar-refractivity contribution in [1.82, 2.24) is 21.1 Å². The first-order valence-electron chi connectivity index (χ1n) is 8.79. The summed E-state index contributed by atoms with van der Waals surface area (Å²) in [5.74, 6) is 1.62. The quantitative estimate of drug-likeness (QED) is 0.472. The fourth-order valence-electron chi connectivity index (χ4n) is 2.31. The normalized spacial score (nSPS) is 11.7. The number of hydrogen-bond acceptors (Lipinski definition) is 4. The van der Waals surface area contributed by atoms with Crippen LogP contribution in [-0.4, -0.2) is 36.2 Å². The second-order valence-corrected chi connectivity index (χ2v) is 5.83. The van der Waals surface area contributed by atoms with E-state index in [0.717, 1.165) is 36.4 Å². The Kier molecular flexibility index (Phi) is 8.89. The third-order valence-electron chi connectivity index (χ3n) is 3.44. The summed E-state index contributed by atoms with van der Waals surface area (Å²) in [6.45, 7) is 11.8. The van der Waals surface area contributed by atoms with Crippen molar-refractivity contribution in [3.63, 3.8) is 0 Å². The van der Waals surface area contributed by atoms with E-state index in [0.29, 0.717) is 25.5 Å². The zero-order valence-electron chi connectivity index (χ0n) is 15.5. The third kappa shape index (κ3) is 6.60. The lowest BCUT2D eigenvalue weighted by Gasteiger charge is -2.12. The zero-order chi connectivity index (χ0) is 17.9. The molecule has 7 nitrogen and oxygen atoms in total. The van der Waals surface area contributed by atoms with Gasteiger partial charge in [0.2, 0.25) is 5.91 Å². The monoisotopic (exact) mass is 337 g/mol. The van der Waals surface area contributed by atoms with Crippen LogP contribution in [0.3, 0.4) is 0 Å². The molecule has 1 aromatic heterocycles. The van der Waals surface area contributed by atoms with Gasteiger partial charge in [-0.3, -0.25) is 4.79 Å². The molecule has 0 aromatic carbocycles. The number of aromatic nitrogens is 1. The van der Waals surface area contributed by atoms with E-state index in [1.54, 1.807) is 0 Å². The van der Waals surface area contributed by atoms with Crippen molar-refractivity contribution >= 4 is 11.9 Å². The predicted octanol–water partition coefficient (Wildman–Crippen LogP) is 1.77. The van der Waals surface area contributed by atoms with Crippen molar-refractivity contribution in [1.29, 1.82) is 0 Å². The molecule has 1 rings (SSSR count). The maximum atomic E-state index is 11.7. The largest absolute Gasteiger partial charge is 0.361 e. The molecule has 1 aromatic rings. The van der Waals surface area contributed by atoms with Crippen LogP contribution >= 0.6 is 0 Å². The lowest BCUT2D eigenvalue weighted by Crippen LogP contribution is -2.40. The highest BCUT2D eigenvalue weighted by molar-refractivity contribution is 5.81. The maximum absolute atomic E-state index is 11.7. The number of aryl methyl sites for hydroxylation is 2. The van der Waals surface area contributed by atoms with Crippen LogP contribution in [-0.2, 0) is 24.2 Å². The molecular weight excluding hydrogens is 306 g/mol. The number of nitrogens with zero attached hydrogens (tertiary/aromatic N) is 2. The minimum atomic E-state index is 0.0360. The number of hydrogen-bond donors (Lipinski definition) is 3. The Balaban J connectivity index is 2.62. The average Bonchev–Trinajstić information content (AvgIpc) is 2.93. The standard InChI is InChI=1S/C17H31N5O2/c1-6-14-13(15(7-2)24-22-14)11-20-17(18-8-3)19-10-9-16(23)21-12(4)5/h12H,6-11H2,1-5H3,(H,21,23)(H2,18,19,20). The van der Waals surface area contributed by atoms with Gasteiger partial charge in [-0.1, -0.05) is 19.0 Å². The summed E-state index contributed by atoms with van der Waals surface area (Å²) in [4.78, 5) is 16.3. The Hall–Kier alpha value is -2.05. The van der Waals surface area contributed by atoms with E-state index in [1.807, 2.05) is 27.7 Å². The number of aliphatic imine (C=N–C) groups is 1. The molecule has 0 atom stereocenters. The third-order valence-corrected chi connectivity index (χ3v) is 3.44. The Morgan fingerprint density at radius 2 is 1.96 bits per heavy atom. The van der Waals surface area contributed by atoms with Crippen LogP contribution in [0.1, 0.15) is 58.1 Å². The van der Waals surface area contributed by atoms with Gasteiger partial charge in [0.25, 0.3) is 0 Å². The SMILES string of the molecule is CCNC(=NCc1c(CC)noc1CC)NCCC(=O)NC(C)C. The van der Waals surface area contributed by atoms with Crippen LogP contribution in [0.15, 0.2) is 9.52 Å². The Labute approximate surface area is 144 Å². The van der Waals surface area contributed by atoms with Crippen molar-refractivity contribution in [3.8, 4) is 0 Å². The van der Waals surface area contributed by atoms with Gasteiger partial charge >= 0.3 is 0 Å². The summed E-state index contributed by atoms with van der Waals surface area (Å²) in [6, 6.07) is 0.160. The van der Waals surface area contributed by atoms with Gasteiger partial charge in [0.05, 0.1) is 12.2 Å². The number of carbonyl (C=O) groups excluding carboxylic acids is 1. The number of carbonyl (C=O) groups is 1. The first kappa shape index (κ1) is 20.0. The molecule has 0 unspecified atom stereocenters. The molecule has 0 radical (unpaired) electrons. The van der Waals surface area contributed by atoms with Gasteiger partial charge in [-0.05, 0) is 27.2 Å². The zero-order valence-corrected chi connectivity index (χ0v) is 15.5. The first-order chi connectivity index (χ1) is 11.5. The fraction of sp³-hybridized carbons (Fsp3) is 0.706. The molecule has 0 bridgehead atoms. The van der Waals surface area contributed by atoms with Crippen LogP contribution in [0.2, 0.25) is 0 Å². The molecule has 24 heavy (non-hydrogen) atoms. The highest BCUT2D eigenvalue weighted by atomic mass is 16.5. The van der Waals surface area contributed by atoms with E-state index in [-0.39, 0.29) is 11.9 Å². The number of guanidine groups is 1. The molecule has 0 fully saturated rings. The van der Waals surface area contributed by atoms with Crippen LogP contribution in [0.25, 0.3) is 0 Å². The smallest absolute Gasteiger partial charge is 0.221 e. The van der Waals surface area contributed by atoms with Gasteiger partial charge in [0.15, 0.2) is 5.96 Å². The van der Waals surface area contributed by atoms with Crippen LogP contribution in [0.5, 0.6) is 0 Å². The summed E-state index contributed by atoms with van der Waals surface area (Å²) < 4.78 is 5.36. The molecule has 1 heterocycles. The van der Waals surface area contributed by atoms with Gasteiger partial charge in [-0.25, -0.2) is 4.99 Å². The van der Waals surface area contributed by atoms with Gasteiger partial charge < -0.3 is 20.5 Å². The minimum Gasteiger partial charge on any atom is -0.361 e. The number of rotatable bonds is 9. The molecule has 0 aliphatic heterocycles. The highest BCUT2D eigenvalue weighted by Gasteiger charge is 2.13. The molecule has 3 N–H and O–H groups in total. The Morgan fingerprint density at radius 1 is 1.21 bits per heavy atom.